The summed E-state index contributed by atoms with van der Waals surface area (Å²) in [4.78, 5) is 0. The Balaban J connectivity index is 1.86. The first-order valence-electron chi connectivity index (χ1n) is 9.05. The van der Waals surface area contributed by atoms with Crippen molar-refractivity contribution in [3.8, 4) is 0 Å². The minimum absolute atomic E-state index is 0.419. The van der Waals surface area contributed by atoms with Gasteiger partial charge in [0.15, 0.2) is 0 Å². The van der Waals surface area contributed by atoms with Crippen molar-refractivity contribution in [2.24, 2.45) is 0 Å². The fraction of sp³-hybridized carbons (Fsp3) is 0.250. The summed E-state index contributed by atoms with van der Waals surface area (Å²) >= 11 is 0. The molecule has 2 nitrogen and oxygen atoms in total. The van der Waals surface area contributed by atoms with Crippen molar-refractivity contribution >= 4 is 0 Å². The van der Waals surface area contributed by atoms with E-state index in [1.165, 1.54) is 5.56 Å². The Morgan fingerprint density at radius 2 is 1.19 bits per heavy atom. The third-order valence-electron chi connectivity index (χ3n) is 4.47. The lowest BCUT2D eigenvalue weighted by molar-refractivity contribution is -0.123. The van der Waals surface area contributed by atoms with Crippen molar-refractivity contribution < 1.29 is 9.84 Å². The predicted molar refractivity (Wildman–Crippen MR) is 106 cm³/mol. The van der Waals surface area contributed by atoms with E-state index >= 15 is 0 Å². The molecule has 0 fully saturated rings. The van der Waals surface area contributed by atoms with Gasteiger partial charge < -0.3 is 9.84 Å². The largest absolute Gasteiger partial charge is 0.385 e. The summed E-state index contributed by atoms with van der Waals surface area (Å²) in [6.45, 7) is 4.15. The lowest BCUT2D eigenvalue weighted by atomic mass is 9.94. The Hall–Kier alpha value is -2.42. The average Bonchev–Trinajstić information content (AvgIpc) is 2.67. The lowest BCUT2D eigenvalue weighted by Gasteiger charge is -2.34. The van der Waals surface area contributed by atoms with Crippen LogP contribution >= 0.6 is 0 Å². The van der Waals surface area contributed by atoms with Crippen LogP contribution in [0.2, 0.25) is 0 Å². The first-order chi connectivity index (χ1) is 12.6. The zero-order chi connectivity index (χ0) is 18.4. The van der Waals surface area contributed by atoms with Crippen LogP contribution in [0.5, 0.6) is 0 Å². The molecule has 134 valence electrons. The second-order valence-electron chi connectivity index (χ2n) is 7.23. The number of rotatable bonds is 7. The van der Waals surface area contributed by atoms with Gasteiger partial charge in [-0.25, -0.2) is 0 Å². The summed E-state index contributed by atoms with van der Waals surface area (Å²) < 4.78 is 6.49. The van der Waals surface area contributed by atoms with E-state index in [4.69, 9.17) is 4.74 Å². The number of hydrogen-bond donors (Lipinski definition) is 1. The molecule has 26 heavy (non-hydrogen) atoms. The number of hydrogen-bond acceptors (Lipinski definition) is 2. The van der Waals surface area contributed by atoms with Crippen molar-refractivity contribution in [1.82, 2.24) is 0 Å². The third kappa shape index (κ3) is 4.81. The van der Waals surface area contributed by atoms with Crippen molar-refractivity contribution in [2.45, 2.75) is 38.1 Å². The molecule has 0 spiro atoms. The molecular formula is C24H26O2. The summed E-state index contributed by atoms with van der Waals surface area (Å²) in [7, 11) is 0. The number of aliphatic hydroxyl groups excluding tert-OH is 1. The highest BCUT2D eigenvalue weighted by molar-refractivity contribution is 5.25. The van der Waals surface area contributed by atoms with E-state index in [1.807, 2.05) is 78.9 Å². The van der Waals surface area contributed by atoms with Crippen LogP contribution in [-0.4, -0.2) is 10.7 Å². The van der Waals surface area contributed by atoms with Crippen LogP contribution in [0, 0.1) is 0 Å². The topological polar surface area (TPSA) is 29.5 Å². The molecule has 0 aliphatic heterocycles. The van der Waals surface area contributed by atoms with Gasteiger partial charge in [0.25, 0.3) is 0 Å². The monoisotopic (exact) mass is 346 g/mol. The Labute approximate surface area is 156 Å². The maximum atomic E-state index is 11.0. The van der Waals surface area contributed by atoms with Gasteiger partial charge in [0.1, 0.15) is 12.2 Å². The minimum atomic E-state index is -0.728. The fourth-order valence-corrected chi connectivity index (χ4v) is 3.26. The van der Waals surface area contributed by atoms with Crippen LogP contribution in [0.25, 0.3) is 0 Å². The quantitative estimate of drug-likeness (QED) is 0.612. The number of benzene rings is 3. The Morgan fingerprint density at radius 3 is 1.73 bits per heavy atom. The minimum Gasteiger partial charge on any atom is -0.385 e. The lowest BCUT2D eigenvalue weighted by Crippen LogP contribution is -2.32. The van der Waals surface area contributed by atoms with Crippen molar-refractivity contribution in [2.75, 3.05) is 0 Å². The molecule has 0 aliphatic carbocycles. The second-order valence-corrected chi connectivity index (χ2v) is 7.23. The van der Waals surface area contributed by atoms with Gasteiger partial charge in [0, 0.05) is 6.42 Å². The van der Waals surface area contributed by atoms with Gasteiger partial charge >= 0.3 is 0 Å². The van der Waals surface area contributed by atoms with E-state index in [2.05, 4.69) is 26.0 Å². The van der Waals surface area contributed by atoms with E-state index in [0.29, 0.717) is 0 Å². The molecule has 0 heterocycles. The molecule has 0 aromatic heterocycles. The van der Waals surface area contributed by atoms with Crippen LogP contribution in [0.1, 0.15) is 42.7 Å². The number of aliphatic hydroxyl groups is 1. The molecule has 0 unspecified atom stereocenters. The molecule has 0 saturated carbocycles. The molecule has 0 amide bonds. The summed E-state index contributed by atoms with van der Waals surface area (Å²) in [5, 5.41) is 11.0. The summed E-state index contributed by atoms with van der Waals surface area (Å²) in [5.74, 6) is 0. The zero-order valence-electron chi connectivity index (χ0n) is 15.4. The Morgan fingerprint density at radius 1 is 0.731 bits per heavy atom. The molecule has 1 N–H and O–H groups in total. The molecule has 0 saturated heterocycles. The normalized spacial score (nSPS) is 14.0. The first kappa shape index (κ1) is 18.4. The highest BCUT2D eigenvalue weighted by atomic mass is 16.5. The fourth-order valence-electron chi connectivity index (χ4n) is 3.26. The highest BCUT2D eigenvalue weighted by Gasteiger charge is 2.30. The average molecular weight is 346 g/mol. The predicted octanol–water partition coefficient (Wildman–Crippen LogP) is 5.50. The third-order valence-corrected chi connectivity index (χ3v) is 4.47. The summed E-state index contributed by atoms with van der Waals surface area (Å²) in [5.41, 5.74) is 2.64. The second kappa shape index (κ2) is 8.31. The SMILES string of the molecule is CC(C)(Cc1ccccc1)O[C@@H](c1ccccc1)[C@H](O)c1ccccc1. The molecule has 0 aliphatic rings. The maximum Gasteiger partial charge on any atom is 0.113 e. The molecule has 3 rings (SSSR count). The maximum absolute atomic E-state index is 11.0. The Bertz CT molecular complexity index is 782. The van der Waals surface area contributed by atoms with Gasteiger partial charge in [-0.3, -0.25) is 0 Å². The van der Waals surface area contributed by atoms with Crippen LogP contribution < -0.4 is 0 Å². The number of ether oxygens (including phenoxy) is 1. The first-order valence-corrected chi connectivity index (χ1v) is 9.05. The van der Waals surface area contributed by atoms with Gasteiger partial charge in [0.05, 0.1) is 5.60 Å². The van der Waals surface area contributed by atoms with Gasteiger partial charge in [-0.1, -0.05) is 91.0 Å². The molecule has 0 bridgehead atoms. The van der Waals surface area contributed by atoms with Crippen molar-refractivity contribution in [3.05, 3.63) is 108 Å². The molecule has 3 aromatic carbocycles. The molecule has 0 radical (unpaired) electrons. The van der Waals surface area contributed by atoms with Gasteiger partial charge in [-0.15, -0.1) is 0 Å². The summed E-state index contributed by atoms with van der Waals surface area (Å²) in [6.07, 6.45) is -0.385. The van der Waals surface area contributed by atoms with E-state index < -0.39 is 17.8 Å². The van der Waals surface area contributed by atoms with E-state index in [1.54, 1.807) is 0 Å². The zero-order valence-corrected chi connectivity index (χ0v) is 15.4. The van der Waals surface area contributed by atoms with Crippen LogP contribution in [0.15, 0.2) is 91.0 Å². The van der Waals surface area contributed by atoms with Gasteiger partial charge in [-0.05, 0) is 30.5 Å². The molecular weight excluding hydrogens is 320 g/mol. The van der Waals surface area contributed by atoms with Crippen molar-refractivity contribution in [3.63, 3.8) is 0 Å². The molecule has 2 heteroatoms. The standard InChI is InChI=1S/C24H26O2/c1-24(2,18-19-12-6-3-7-13-19)26-23(21-16-10-5-11-17-21)22(25)20-14-8-4-9-15-20/h3-17,22-23,25H,18H2,1-2H3/t22-,23+/m1/s1. The molecule has 2 atom stereocenters. The van der Waals surface area contributed by atoms with E-state index in [0.717, 1.165) is 17.5 Å². The van der Waals surface area contributed by atoms with E-state index in [9.17, 15) is 5.11 Å². The van der Waals surface area contributed by atoms with Gasteiger partial charge in [0.2, 0.25) is 0 Å². The van der Waals surface area contributed by atoms with Crippen molar-refractivity contribution in [1.29, 1.82) is 0 Å². The summed E-state index contributed by atoms with van der Waals surface area (Å²) in [6, 6.07) is 30.0. The molecule has 3 aromatic rings. The Kier molecular flexibility index (Phi) is 5.87. The highest BCUT2D eigenvalue weighted by Crippen LogP contribution is 2.36. The van der Waals surface area contributed by atoms with Crippen LogP contribution in [-0.2, 0) is 11.2 Å². The van der Waals surface area contributed by atoms with E-state index in [-0.39, 0.29) is 0 Å². The van der Waals surface area contributed by atoms with Gasteiger partial charge in [-0.2, -0.15) is 0 Å². The van der Waals surface area contributed by atoms with Crippen LogP contribution in [0.3, 0.4) is 0 Å². The van der Waals surface area contributed by atoms with Crippen LogP contribution in [0.4, 0.5) is 0 Å². The smallest absolute Gasteiger partial charge is 0.113 e.